The molecule has 2 aliphatic rings. The van der Waals surface area contributed by atoms with Crippen molar-refractivity contribution in [3.8, 4) is 0 Å². The number of fused-ring (bicyclic) bond motifs is 2. The van der Waals surface area contributed by atoms with E-state index in [0.29, 0.717) is 11.4 Å². The molecular formula is C23H22FN3O2S. The molecule has 0 bridgehead atoms. The molecule has 2 aliphatic heterocycles. The van der Waals surface area contributed by atoms with E-state index in [-0.39, 0.29) is 12.4 Å². The van der Waals surface area contributed by atoms with Gasteiger partial charge in [0, 0.05) is 38.6 Å². The number of rotatable bonds is 4. The summed E-state index contributed by atoms with van der Waals surface area (Å²) in [6, 6.07) is 17.4. The van der Waals surface area contributed by atoms with Crippen molar-refractivity contribution in [1.29, 1.82) is 0 Å². The summed E-state index contributed by atoms with van der Waals surface area (Å²) in [7, 11) is -3.64. The van der Waals surface area contributed by atoms with Crippen molar-refractivity contribution >= 4 is 10.0 Å². The van der Waals surface area contributed by atoms with Crippen molar-refractivity contribution < 1.29 is 12.8 Å². The number of hydrogen-bond acceptors (Lipinski definition) is 4. The minimum absolute atomic E-state index is 0.223. The maximum Gasteiger partial charge on any atom is 0.244 e. The van der Waals surface area contributed by atoms with Gasteiger partial charge in [0.25, 0.3) is 0 Å². The van der Waals surface area contributed by atoms with Gasteiger partial charge < -0.3 is 0 Å². The molecular weight excluding hydrogens is 401 g/mol. The van der Waals surface area contributed by atoms with Crippen LogP contribution < -0.4 is 0 Å². The average molecular weight is 424 g/mol. The second-order valence-corrected chi connectivity index (χ2v) is 9.81. The highest BCUT2D eigenvalue weighted by molar-refractivity contribution is 7.89. The first kappa shape index (κ1) is 19.4. The Bertz CT molecular complexity index is 1170. The molecule has 1 unspecified atom stereocenters. The molecule has 7 heteroatoms. The standard InChI is InChI=1S/C23H22FN3O2S/c24-20-7-5-18(6-8-20)16-27-23(21-3-1-2-4-22(21)30(27,28)29)11-14-26(17-23)15-19-9-12-25-13-10-19/h1-10,12-13H,11,14-17H2. The molecule has 2 aromatic carbocycles. The Hall–Kier alpha value is -2.61. The largest absolute Gasteiger partial charge is 0.297 e. The van der Waals surface area contributed by atoms with Crippen molar-refractivity contribution in [2.24, 2.45) is 0 Å². The van der Waals surface area contributed by atoms with Gasteiger partial charge in [-0.25, -0.2) is 12.8 Å². The predicted molar refractivity (Wildman–Crippen MR) is 111 cm³/mol. The van der Waals surface area contributed by atoms with E-state index in [1.165, 1.54) is 12.1 Å². The lowest BCUT2D eigenvalue weighted by Crippen LogP contribution is -2.45. The topological polar surface area (TPSA) is 53.5 Å². The Labute approximate surface area is 175 Å². The molecule has 3 heterocycles. The summed E-state index contributed by atoms with van der Waals surface area (Å²) < 4.78 is 42.0. The van der Waals surface area contributed by atoms with E-state index in [4.69, 9.17) is 0 Å². The number of nitrogens with zero attached hydrogens (tertiary/aromatic N) is 3. The zero-order valence-corrected chi connectivity index (χ0v) is 17.2. The molecule has 5 rings (SSSR count). The van der Waals surface area contributed by atoms with Gasteiger partial charge >= 0.3 is 0 Å². The van der Waals surface area contributed by atoms with Crippen LogP contribution in [0.1, 0.15) is 23.1 Å². The van der Waals surface area contributed by atoms with Crippen molar-refractivity contribution in [2.75, 3.05) is 13.1 Å². The summed E-state index contributed by atoms with van der Waals surface area (Å²) in [6.07, 6.45) is 4.27. The zero-order valence-electron chi connectivity index (χ0n) is 16.4. The Morgan fingerprint density at radius 1 is 0.933 bits per heavy atom. The number of sulfonamides is 1. The number of pyridine rings is 1. The third kappa shape index (κ3) is 3.14. The minimum atomic E-state index is -3.64. The maximum atomic E-state index is 13.5. The first-order valence-corrected chi connectivity index (χ1v) is 11.4. The molecule has 1 fully saturated rings. The minimum Gasteiger partial charge on any atom is -0.297 e. The summed E-state index contributed by atoms with van der Waals surface area (Å²) in [4.78, 5) is 6.76. The average Bonchev–Trinajstić information content (AvgIpc) is 3.24. The summed E-state index contributed by atoms with van der Waals surface area (Å²) in [5, 5.41) is 0. The van der Waals surface area contributed by atoms with Gasteiger partial charge in [-0.05, 0) is 53.4 Å². The Morgan fingerprint density at radius 2 is 1.63 bits per heavy atom. The van der Waals surface area contributed by atoms with Crippen LogP contribution in [-0.2, 0) is 28.7 Å². The lowest BCUT2D eigenvalue weighted by Gasteiger charge is -2.34. The van der Waals surface area contributed by atoms with Crippen LogP contribution in [0.25, 0.3) is 0 Å². The molecule has 0 saturated carbocycles. The lowest BCUT2D eigenvalue weighted by atomic mass is 9.88. The van der Waals surface area contributed by atoms with Crippen LogP contribution in [0, 0.1) is 5.82 Å². The molecule has 0 amide bonds. The summed E-state index contributed by atoms with van der Waals surface area (Å²) >= 11 is 0. The van der Waals surface area contributed by atoms with E-state index in [2.05, 4.69) is 9.88 Å². The molecule has 1 saturated heterocycles. The Morgan fingerprint density at radius 3 is 2.40 bits per heavy atom. The number of benzene rings is 2. The third-order valence-corrected chi connectivity index (χ3v) is 8.13. The van der Waals surface area contributed by atoms with Crippen LogP contribution in [0.3, 0.4) is 0 Å². The molecule has 0 N–H and O–H groups in total. The SMILES string of the molecule is O=S1(=O)c2ccccc2C2(CCN(Cc3ccncc3)C2)N1Cc1ccc(F)cc1. The first-order chi connectivity index (χ1) is 14.5. The Kier molecular flexibility index (Phi) is 4.69. The van der Waals surface area contributed by atoms with Gasteiger partial charge in [-0.15, -0.1) is 0 Å². The molecule has 30 heavy (non-hydrogen) atoms. The van der Waals surface area contributed by atoms with Gasteiger partial charge in [-0.3, -0.25) is 9.88 Å². The molecule has 0 radical (unpaired) electrons. The predicted octanol–water partition coefficient (Wildman–Crippen LogP) is 3.53. The normalized spacial score (nSPS) is 23.1. The highest BCUT2D eigenvalue weighted by atomic mass is 32.2. The van der Waals surface area contributed by atoms with Gasteiger partial charge in [-0.1, -0.05) is 30.3 Å². The van der Waals surface area contributed by atoms with E-state index in [1.807, 2.05) is 24.3 Å². The van der Waals surface area contributed by atoms with E-state index in [9.17, 15) is 12.8 Å². The van der Waals surface area contributed by atoms with Gasteiger partial charge in [-0.2, -0.15) is 4.31 Å². The van der Waals surface area contributed by atoms with E-state index in [1.54, 1.807) is 41.0 Å². The quantitative estimate of drug-likeness (QED) is 0.644. The van der Waals surface area contributed by atoms with Gasteiger partial charge in [0.15, 0.2) is 0 Å². The molecule has 1 atom stereocenters. The lowest BCUT2D eigenvalue weighted by molar-refractivity contribution is 0.184. The monoisotopic (exact) mass is 423 g/mol. The van der Waals surface area contributed by atoms with Crippen LogP contribution >= 0.6 is 0 Å². The summed E-state index contributed by atoms with van der Waals surface area (Å²) in [5.74, 6) is -0.328. The fourth-order valence-electron chi connectivity index (χ4n) is 4.73. The molecule has 1 spiro atoms. The van der Waals surface area contributed by atoms with E-state index >= 15 is 0 Å². The maximum absolute atomic E-state index is 13.5. The van der Waals surface area contributed by atoms with Crippen molar-refractivity contribution in [1.82, 2.24) is 14.2 Å². The van der Waals surface area contributed by atoms with Gasteiger partial charge in [0.1, 0.15) is 5.82 Å². The number of halogens is 1. The van der Waals surface area contributed by atoms with Crippen molar-refractivity contribution in [3.63, 3.8) is 0 Å². The fourth-order valence-corrected chi connectivity index (χ4v) is 6.78. The second kappa shape index (κ2) is 7.27. The smallest absolute Gasteiger partial charge is 0.244 e. The second-order valence-electron chi connectivity index (χ2n) is 7.98. The van der Waals surface area contributed by atoms with Gasteiger partial charge in [0.2, 0.25) is 10.0 Å². The van der Waals surface area contributed by atoms with Crippen LogP contribution in [0.5, 0.6) is 0 Å². The van der Waals surface area contributed by atoms with Gasteiger partial charge in [0.05, 0.1) is 10.4 Å². The molecule has 0 aliphatic carbocycles. The number of hydrogen-bond donors (Lipinski definition) is 0. The van der Waals surface area contributed by atoms with E-state index in [0.717, 1.165) is 36.2 Å². The number of likely N-dealkylation sites (tertiary alicyclic amines) is 1. The zero-order chi connectivity index (χ0) is 20.8. The van der Waals surface area contributed by atoms with Crippen LogP contribution in [-0.4, -0.2) is 35.7 Å². The highest BCUT2D eigenvalue weighted by Crippen LogP contribution is 2.50. The van der Waals surface area contributed by atoms with Crippen LogP contribution in [0.2, 0.25) is 0 Å². The fraction of sp³-hybridized carbons (Fsp3) is 0.261. The number of aromatic nitrogens is 1. The molecule has 5 nitrogen and oxygen atoms in total. The van der Waals surface area contributed by atoms with Crippen LogP contribution in [0.15, 0.2) is 78.0 Å². The van der Waals surface area contributed by atoms with Crippen LogP contribution in [0.4, 0.5) is 4.39 Å². The van der Waals surface area contributed by atoms with E-state index < -0.39 is 15.6 Å². The van der Waals surface area contributed by atoms with Crippen molar-refractivity contribution in [3.05, 3.63) is 95.6 Å². The summed E-state index contributed by atoms with van der Waals surface area (Å²) in [5.41, 5.74) is 2.18. The molecule has 1 aromatic heterocycles. The summed E-state index contributed by atoms with van der Waals surface area (Å²) in [6.45, 7) is 2.39. The highest BCUT2D eigenvalue weighted by Gasteiger charge is 2.56. The Balaban J connectivity index is 1.52. The molecule has 154 valence electrons. The van der Waals surface area contributed by atoms with Crippen molar-refractivity contribution in [2.45, 2.75) is 29.9 Å². The third-order valence-electron chi connectivity index (χ3n) is 6.16. The first-order valence-electron chi connectivity index (χ1n) is 9.97. The molecule has 3 aromatic rings.